The van der Waals surface area contributed by atoms with E-state index in [1.807, 2.05) is 0 Å². The number of rotatable bonds is 8. The van der Waals surface area contributed by atoms with Crippen LogP contribution in [0.4, 0.5) is 5.69 Å². The van der Waals surface area contributed by atoms with Crippen molar-refractivity contribution in [1.29, 1.82) is 0 Å². The summed E-state index contributed by atoms with van der Waals surface area (Å²) >= 11 is 11.8. The van der Waals surface area contributed by atoms with E-state index >= 15 is 0 Å². The summed E-state index contributed by atoms with van der Waals surface area (Å²) in [4.78, 5) is 13.6. The molecule has 0 fully saturated rings. The van der Waals surface area contributed by atoms with Crippen molar-refractivity contribution in [1.82, 2.24) is 4.90 Å². The molecule has 0 aromatic heterocycles. The van der Waals surface area contributed by atoms with Gasteiger partial charge >= 0.3 is 0 Å². The molecule has 0 aliphatic carbocycles. The van der Waals surface area contributed by atoms with Gasteiger partial charge in [0.25, 0.3) is 0 Å². The van der Waals surface area contributed by atoms with E-state index in [2.05, 4.69) is 5.32 Å². The van der Waals surface area contributed by atoms with Gasteiger partial charge < -0.3 is 15.5 Å². The van der Waals surface area contributed by atoms with Gasteiger partial charge in [-0.05, 0) is 18.2 Å². The summed E-state index contributed by atoms with van der Waals surface area (Å²) in [5.41, 5.74) is 0.472. The van der Waals surface area contributed by atoms with Crippen LogP contribution in [0.2, 0.25) is 10.0 Å². The van der Waals surface area contributed by atoms with E-state index in [1.54, 1.807) is 23.1 Å². The number of aliphatic hydroxyl groups excluding tert-OH is 2. The Balaban J connectivity index is 2.48. The third kappa shape index (κ3) is 6.07. The standard InChI is InChI=1S/C13H18Cl2N2O3/c14-10-1-2-11(15)12(9-10)16-13(20)3-4-17(5-7-18)6-8-19/h1-2,9,18-19H,3-8H2,(H,16,20). The van der Waals surface area contributed by atoms with Crippen LogP contribution in [0.1, 0.15) is 6.42 Å². The first-order valence-electron chi connectivity index (χ1n) is 6.25. The summed E-state index contributed by atoms with van der Waals surface area (Å²) in [6.45, 7) is 1.27. The molecular formula is C13H18Cl2N2O3. The number of aliphatic hydroxyl groups is 2. The van der Waals surface area contributed by atoms with Gasteiger partial charge in [-0.15, -0.1) is 0 Å². The second kappa shape index (κ2) is 9.15. The van der Waals surface area contributed by atoms with Gasteiger partial charge in [0.1, 0.15) is 0 Å². The van der Waals surface area contributed by atoms with Crippen molar-refractivity contribution in [3.8, 4) is 0 Å². The van der Waals surface area contributed by atoms with Crippen LogP contribution in [-0.2, 0) is 4.79 Å². The Morgan fingerprint density at radius 1 is 1.15 bits per heavy atom. The Morgan fingerprint density at radius 3 is 2.40 bits per heavy atom. The molecule has 0 unspecified atom stereocenters. The first-order chi connectivity index (χ1) is 9.56. The first-order valence-corrected chi connectivity index (χ1v) is 7.01. The Hall–Kier alpha value is -0.850. The van der Waals surface area contributed by atoms with Crippen LogP contribution in [0.25, 0.3) is 0 Å². The molecule has 5 nitrogen and oxygen atoms in total. The van der Waals surface area contributed by atoms with E-state index in [-0.39, 0.29) is 25.5 Å². The molecule has 0 saturated carbocycles. The predicted octanol–water partition coefficient (Wildman–Crippen LogP) is 1.61. The minimum atomic E-state index is -0.199. The maximum absolute atomic E-state index is 11.8. The monoisotopic (exact) mass is 320 g/mol. The molecule has 3 N–H and O–H groups in total. The summed E-state index contributed by atoms with van der Waals surface area (Å²) in [5.74, 6) is -0.199. The molecule has 1 rings (SSSR count). The van der Waals surface area contributed by atoms with Gasteiger partial charge in [-0.3, -0.25) is 9.69 Å². The van der Waals surface area contributed by atoms with Gasteiger partial charge in [-0.25, -0.2) is 0 Å². The highest BCUT2D eigenvalue weighted by molar-refractivity contribution is 6.35. The van der Waals surface area contributed by atoms with Crippen LogP contribution >= 0.6 is 23.2 Å². The topological polar surface area (TPSA) is 72.8 Å². The molecule has 7 heteroatoms. The highest BCUT2D eigenvalue weighted by Gasteiger charge is 2.09. The number of hydrogen-bond acceptors (Lipinski definition) is 4. The number of amides is 1. The molecule has 0 bridgehead atoms. The van der Waals surface area contributed by atoms with E-state index in [9.17, 15) is 4.79 Å². The number of carbonyl (C=O) groups excluding carboxylic acids is 1. The fraction of sp³-hybridized carbons (Fsp3) is 0.462. The maximum Gasteiger partial charge on any atom is 0.225 e. The van der Waals surface area contributed by atoms with Gasteiger partial charge in [-0.1, -0.05) is 23.2 Å². The summed E-state index contributed by atoms with van der Waals surface area (Å²) in [6, 6.07) is 4.84. The predicted molar refractivity (Wildman–Crippen MR) is 80.3 cm³/mol. The lowest BCUT2D eigenvalue weighted by Gasteiger charge is -2.19. The van der Waals surface area contributed by atoms with Crippen molar-refractivity contribution in [2.75, 3.05) is 38.2 Å². The lowest BCUT2D eigenvalue weighted by molar-refractivity contribution is -0.116. The fourth-order valence-electron chi connectivity index (χ4n) is 1.68. The summed E-state index contributed by atoms with van der Waals surface area (Å²) in [6.07, 6.45) is 0.239. The van der Waals surface area contributed by atoms with Crippen molar-refractivity contribution in [2.24, 2.45) is 0 Å². The molecule has 0 aliphatic heterocycles. The number of anilines is 1. The Kier molecular flexibility index (Phi) is 7.87. The second-order valence-electron chi connectivity index (χ2n) is 4.21. The highest BCUT2D eigenvalue weighted by Crippen LogP contribution is 2.25. The molecule has 0 saturated heterocycles. The number of benzene rings is 1. The van der Waals surface area contributed by atoms with Crippen LogP contribution in [0.3, 0.4) is 0 Å². The number of nitrogens with zero attached hydrogens (tertiary/aromatic N) is 1. The van der Waals surface area contributed by atoms with Gasteiger partial charge in [0.2, 0.25) is 5.91 Å². The number of carbonyl (C=O) groups is 1. The lowest BCUT2D eigenvalue weighted by Crippen LogP contribution is -2.32. The van der Waals surface area contributed by atoms with Crippen LogP contribution in [0.15, 0.2) is 18.2 Å². The van der Waals surface area contributed by atoms with Crippen molar-refractivity contribution in [3.05, 3.63) is 28.2 Å². The molecule has 1 amide bonds. The maximum atomic E-state index is 11.8. The number of nitrogens with one attached hydrogen (secondary N) is 1. The van der Waals surface area contributed by atoms with Crippen molar-refractivity contribution in [3.63, 3.8) is 0 Å². The van der Waals surface area contributed by atoms with E-state index < -0.39 is 0 Å². The summed E-state index contributed by atoms with van der Waals surface area (Å²) in [7, 11) is 0. The van der Waals surface area contributed by atoms with Crippen LogP contribution < -0.4 is 5.32 Å². The fourth-order valence-corrected chi connectivity index (χ4v) is 2.02. The molecule has 1 aromatic rings. The average Bonchev–Trinajstić information content (AvgIpc) is 2.41. The quantitative estimate of drug-likeness (QED) is 0.680. The molecule has 0 atom stereocenters. The zero-order valence-electron chi connectivity index (χ0n) is 11.0. The molecule has 112 valence electrons. The zero-order chi connectivity index (χ0) is 15.0. The van der Waals surface area contributed by atoms with Gasteiger partial charge in [0.05, 0.1) is 23.9 Å². The SMILES string of the molecule is O=C(CCN(CCO)CCO)Nc1cc(Cl)ccc1Cl. The van der Waals surface area contributed by atoms with Gasteiger partial charge in [0.15, 0.2) is 0 Å². The van der Waals surface area contributed by atoms with Crippen LogP contribution in [0, 0.1) is 0 Å². The van der Waals surface area contributed by atoms with Crippen LogP contribution in [-0.4, -0.2) is 53.9 Å². The summed E-state index contributed by atoms with van der Waals surface area (Å²) in [5, 5.41) is 21.3. The zero-order valence-corrected chi connectivity index (χ0v) is 12.5. The Bertz CT molecular complexity index is 438. The third-order valence-electron chi connectivity index (χ3n) is 2.69. The van der Waals surface area contributed by atoms with Crippen molar-refractivity contribution >= 4 is 34.8 Å². The number of halogens is 2. The van der Waals surface area contributed by atoms with E-state index in [0.717, 1.165) is 0 Å². The first kappa shape index (κ1) is 17.2. The highest BCUT2D eigenvalue weighted by atomic mass is 35.5. The van der Waals surface area contributed by atoms with E-state index in [0.29, 0.717) is 35.4 Å². The molecular weight excluding hydrogens is 303 g/mol. The lowest BCUT2D eigenvalue weighted by atomic mass is 10.3. The van der Waals surface area contributed by atoms with Crippen LogP contribution in [0.5, 0.6) is 0 Å². The van der Waals surface area contributed by atoms with E-state index in [1.165, 1.54) is 0 Å². The van der Waals surface area contributed by atoms with Gasteiger partial charge in [-0.2, -0.15) is 0 Å². The largest absolute Gasteiger partial charge is 0.395 e. The molecule has 0 aliphatic rings. The Labute approximate surface area is 128 Å². The normalized spacial score (nSPS) is 10.8. The minimum Gasteiger partial charge on any atom is -0.395 e. The molecule has 20 heavy (non-hydrogen) atoms. The molecule has 0 radical (unpaired) electrons. The molecule has 0 heterocycles. The smallest absolute Gasteiger partial charge is 0.225 e. The molecule has 1 aromatic carbocycles. The number of hydrogen-bond donors (Lipinski definition) is 3. The Morgan fingerprint density at radius 2 is 1.80 bits per heavy atom. The molecule has 0 spiro atoms. The average molecular weight is 321 g/mol. The van der Waals surface area contributed by atoms with Crippen molar-refractivity contribution < 1.29 is 15.0 Å². The summed E-state index contributed by atoms with van der Waals surface area (Å²) < 4.78 is 0. The van der Waals surface area contributed by atoms with E-state index in [4.69, 9.17) is 33.4 Å². The van der Waals surface area contributed by atoms with Gasteiger partial charge in [0, 0.05) is 31.1 Å². The second-order valence-corrected chi connectivity index (χ2v) is 5.05. The third-order valence-corrected chi connectivity index (χ3v) is 3.25. The minimum absolute atomic E-state index is 0.0122. The van der Waals surface area contributed by atoms with Crippen molar-refractivity contribution in [2.45, 2.75) is 6.42 Å².